The van der Waals surface area contributed by atoms with E-state index in [-0.39, 0.29) is 17.2 Å². The van der Waals surface area contributed by atoms with Crippen LogP contribution in [0, 0.1) is 5.82 Å². The fourth-order valence-corrected chi connectivity index (χ4v) is 2.31. The van der Waals surface area contributed by atoms with Gasteiger partial charge in [-0.2, -0.15) is 0 Å². The molecule has 0 radical (unpaired) electrons. The van der Waals surface area contributed by atoms with E-state index in [9.17, 15) is 9.18 Å². The van der Waals surface area contributed by atoms with Crippen molar-refractivity contribution in [1.82, 2.24) is 10.2 Å². The smallest absolute Gasteiger partial charge is 0.254 e. The number of carbonyl (C=O) groups excluding carboxylic acids is 1. The molecule has 1 aromatic carbocycles. The first-order valence-corrected chi connectivity index (χ1v) is 6.32. The molecule has 1 aromatic rings. The van der Waals surface area contributed by atoms with Crippen LogP contribution in [0.1, 0.15) is 24.2 Å². The standard InChI is InChI=1S/C14H19FN2O2/c1-14(2)9-16-6-7-17(14)13(18)10-4-5-12(19-3)11(15)8-10/h4-5,8,16H,6-7,9H2,1-3H3. The van der Waals surface area contributed by atoms with Crippen LogP contribution in [-0.2, 0) is 0 Å². The summed E-state index contributed by atoms with van der Waals surface area (Å²) in [6, 6.07) is 4.32. The molecule has 0 aliphatic carbocycles. The minimum absolute atomic E-state index is 0.145. The summed E-state index contributed by atoms with van der Waals surface area (Å²) in [5.74, 6) is -0.509. The molecular formula is C14H19FN2O2. The van der Waals surface area contributed by atoms with Gasteiger partial charge < -0.3 is 15.0 Å². The van der Waals surface area contributed by atoms with Crippen LogP contribution in [0.2, 0.25) is 0 Å². The summed E-state index contributed by atoms with van der Waals surface area (Å²) in [7, 11) is 1.40. The molecule has 1 aliphatic rings. The van der Waals surface area contributed by atoms with Gasteiger partial charge in [0.15, 0.2) is 11.6 Å². The number of rotatable bonds is 2. The predicted molar refractivity (Wildman–Crippen MR) is 70.9 cm³/mol. The van der Waals surface area contributed by atoms with Gasteiger partial charge in [0.25, 0.3) is 5.91 Å². The van der Waals surface area contributed by atoms with Crippen LogP contribution in [0.4, 0.5) is 4.39 Å². The van der Waals surface area contributed by atoms with Gasteiger partial charge in [-0.05, 0) is 32.0 Å². The molecule has 2 rings (SSSR count). The Labute approximate surface area is 112 Å². The SMILES string of the molecule is COc1ccc(C(=O)N2CCNCC2(C)C)cc1F. The Morgan fingerprint density at radius 2 is 2.21 bits per heavy atom. The topological polar surface area (TPSA) is 41.6 Å². The van der Waals surface area contributed by atoms with Gasteiger partial charge in [-0.15, -0.1) is 0 Å². The molecule has 1 N–H and O–H groups in total. The number of carbonyl (C=O) groups is 1. The Morgan fingerprint density at radius 3 is 2.79 bits per heavy atom. The number of methoxy groups -OCH3 is 1. The highest BCUT2D eigenvalue weighted by molar-refractivity contribution is 5.95. The third kappa shape index (κ3) is 2.71. The number of ether oxygens (including phenoxy) is 1. The highest BCUT2D eigenvalue weighted by Crippen LogP contribution is 2.23. The fraction of sp³-hybridized carbons (Fsp3) is 0.500. The van der Waals surface area contributed by atoms with Gasteiger partial charge >= 0.3 is 0 Å². The van der Waals surface area contributed by atoms with E-state index >= 15 is 0 Å². The van der Waals surface area contributed by atoms with E-state index < -0.39 is 5.82 Å². The summed E-state index contributed by atoms with van der Waals surface area (Å²) < 4.78 is 18.5. The average Bonchev–Trinajstić information content (AvgIpc) is 2.37. The van der Waals surface area contributed by atoms with Crippen molar-refractivity contribution >= 4 is 5.91 Å². The van der Waals surface area contributed by atoms with Crippen molar-refractivity contribution in [2.75, 3.05) is 26.7 Å². The minimum Gasteiger partial charge on any atom is -0.494 e. The van der Waals surface area contributed by atoms with Crippen molar-refractivity contribution in [1.29, 1.82) is 0 Å². The Kier molecular flexibility index (Phi) is 3.75. The minimum atomic E-state index is -0.513. The molecule has 0 aromatic heterocycles. The first-order valence-electron chi connectivity index (χ1n) is 6.32. The fourth-order valence-electron chi connectivity index (χ4n) is 2.31. The Balaban J connectivity index is 2.26. The lowest BCUT2D eigenvalue weighted by Gasteiger charge is -2.42. The number of nitrogens with one attached hydrogen (secondary N) is 1. The summed E-state index contributed by atoms with van der Waals surface area (Å²) >= 11 is 0. The van der Waals surface area contributed by atoms with Gasteiger partial charge in [0.1, 0.15) is 0 Å². The van der Waals surface area contributed by atoms with Crippen LogP contribution >= 0.6 is 0 Å². The lowest BCUT2D eigenvalue weighted by Crippen LogP contribution is -2.59. The maximum absolute atomic E-state index is 13.7. The van der Waals surface area contributed by atoms with Gasteiger partial charge in [0.2, 0.25) is 0 Å². The molecule has 0 spiro atoms. The van der Waals surface area contributed by atoms with Crippen LogP contribution in [0.15, 0.2) is 18.2 Å². The highest BCUT2D eigenvalue weighted by atomic mass is 19.1. The molecule has 0 bridgehead atoms. The van der Waals surface area contributed by atoms with Crippen molar-refractivity contribution in [3.05, 3.63) is 29.6 Å². The molecule has 1 heterocycles. The molecule has 1 fully saturated rings. The average molecular weight is 266 g/mol. The Bertz CT molecular complexity index is 488. The molecule has 0 saturated carbocycles. The summed E-state index contributed by atoms with van der Waals surface area (Å²) in [5.41, 5.74) is 0.0828. The normalized spacial score (nSPS) is 18.2. The molecule has 0 atom stereocenters. The van der Waals surface area contributed by atoms with Gasteiger partial charge in [-0.3, -0.25) is 4.79 Å². The third-order valence-corrected chi connectivity index (χ3v) is 3.44. The molecule has 0 unspecified atom stereocenters. The maximum Gasteiger partial charge on any atom is 0.254 e. The monoisotopic (exact) mass is 266 g/mol. The zero-order chi connectivity index (χ0) is 14.0. The summed E-state index contributed by atoms with van der Waals surface area (Å²) in [4.78, 5) is 14.2. The van der Waals surface area contributed by atoms with Crippen molar-refractivity contribution < 1.29 is 13.9 Å². The van der Waals surface area contributed by atoms with E-state index in [1.807, 2.05) is 13.8 Å². The second kappa shape index (κ2) is 5.17. The Hall–Kier alpha value is -1.62. The van der Waals surface area contributed by atoms with E-state index in [0.29, 0.717) is 12.1 Å². The summed E-state index contributed by atoms with van der Waals surface area (Å²) in [6.45, 7) is 6.11. The molecule has 5 heteroatoms. The van der Waals surface area contributed by atoms with E-state index in [4.69, 9.17) is 4.74 Å². The number of hydrogen-bond donors (Lipinski definition) is 1. The number of halogens is 1. The summed E-state index contributed by atoms with van der Waals surface area (Å²) in [5, 5.41) is 3.25. The van der Waals surface area contributed by atoms with Gasteiger partial charge in [0.05, 0.1) is 12.6 Å². The lowest BCUT2D eigenvalue weighted by atomic mass is 9.98. The van der Waals surface area contributed by atoms with E-state index in [1.54, 1.807) is 11.0 Å². The van der Waals surface area contributed by atoms with Crippen molar-refractivity contribution in [2.24, 2.45) is 0 Å². The van der Waals surface area contributed by atoms with Crippen LogP contribution < -0.4 is 10.1 Å². The predicted octanol–water partition coefficient (Wildman–Crippen LogP) is 1.66. The van der Waals surface area contributed by atoms with Crippen molar-refractivity contribution in [3.63, 3.8) is 0 Å². The third-order valence-electron chi connectivity index (χ3n) is 3.44. The number of piperazine rings is 1. The van der Waals surface area contributed by atoms with Crippen molar-refractivity contribution in [2.45, 2.75) is 19.4 Å². The molecule has 1 aliphatic heterocycles. The second-order valence-corrected chi connectivity index (χ2v) is 5.30. The highest BCUT2D eigenvalue weighted by Gasteiger charge is 2.33. The van der Waals surface area contributed by atoms with Crippen LogP contribution in [0.5, 0.6) is 5.75 Å². The van der Waals surface area contributed by atoms with Crippen LogP contribution in [0.3, 0.4) is 0 Å². The first-order chi connectivity index (χ1) is 8.95. The zero-order valence-electron chi connectivity index (χ0n) is 11.5. The maximum atomic E-state index is 13.7. The van der Waals surface area contributed by atoms with E-state index in [2.05, 4.69) is 5.32 Å². The molecule has 19 heavy (non-hydrogen) atoms. The molecule has 1 saturated heterocycles. The van der Waals surface area contributed by atoms with Gasteiger partial charge in [-0.25, -0.2) is 4.39 Å². The van der Waals surface area contributed by atoms with Crippen molar-refractivity contribution in [3.8, 4) is 5.75 Å². The molecule has 1 amide bonds. The first kappa shape index (κ1) is 13.8. The quantitative estimate of drug-likeness (QED) is 0.885. The Morgan fingerprint density at radius 1 is 1.47 bits per heavy atom. The number of benzene rings is 1. The van der Waals surface area contributed by atoms with E-state index in [0.717, 1.165) is 13.1 Å². The number of nitrogens with zero attached hydrogens (tertiary/aromatic N) is 1. The van der Waals surface area contributed by atoms with Gasteiger partial charge in [-0.1, -0.05) is 0 Å². The lowest BCUT2D eigenvalue weighted by molar-refractivity contribution is 0.0477. The molecular weight excluding hydrogens is 247 g/mol. The largest absolute Gasteiger partial charge is 0.494 e. The number of hydrogen-bond acceptors (Lipinski definition) is 3. The van der Waals surface area contributed by atoms with Crippen LogP contribution in [-0.4, -0.2) is 43.1 Å². The summed E-state index contributed by atoms with van der Waals surface area (Å²) in [6.07, 6.45) is 0. The zero-order valence-corrected chi connectivity index (χ0v) is 11.5. The number of amides is 1. The van der Waals surface area contributed by atoms with Gasteiger partial charge in [0, 0.05) is 25.2 Å². The molecule has 4 nitrogen and oxygen atoms in total. The second-order valence-electron chi connectivity index (χ2n) is 5.30. The molecule has 104 valence electrons. The van der Waals surface area contributed by atoms with Crippen LogP contribution in [0.25, 0.3) is 0 Å². The van der Waals surface area contributed by atoms with E-state index in [1.165, 1.54) is 19.2 Å².